The standard InChI is InChI=1S/C12H11NO4/c1-6-3-8-7(4-11(6)17-2)10(14)5-9(13-8)12(15)16/h3-5H,1-2H3,(H,13,14)(H,15,16). The van der Waals surface area contributed by atoms with Crippen LogP contribution in [0.3, 0.4) is 0 Å². The Labute approximate surface area is 96.7 Å². The molecule has 0 amide bonds. The van der Waals surface area contributed by atoms with E-state index in [-0.39, 0.29) is 11.1 Å². The maximum atomic E-state index is 11.7. The number of rotatable bonds is 2. The average molecular weight is 233 g/mol. The van der Waals surface area contributed by atoms with Gasteiger partial charge >= 0.3 is 5.97 Å². The number of pyridine rings is 1. The number of ether oxygens (including phenoxy) is 1. The fourth-order valence-corrected chi connectivity index (χ4v) is 1.72. The summed E-state index contributed by atoms with van der Waals surface area (Å²) in [6.07, 6.45) is 0. The number of aromatic carboxylic acids is 1. The molecule has 0 atom stereocenters. The van der Waals surface area contributed by atoms with Crippen LogP contribution in [0, 0.1) is 6.92 Å². The van der Waals surface area contributed by atoms with Crippen molar-refractivity contribution in [3.63, 3.8) is 0 Å². The zero-order chi connectivity index (χ0) is 12.6. The zero-order valence-corrected chi connectivity index (χ0v) is 9.40. The Balaban J connectivity index is 2.82. The lowest BCUT2D eigenvalue weighted by molar-refractivity contribution is 0.0691. The second-order valence-electron chi connectivity index (χ2n) is 3.72. The van der Waals surface area contributed by atoms with Crippen molar-refractivity contribution >= 4 is 16.9 Å². The molecule has 1 aromatic heterocycles. The summed E-state index contributed by atoms with van der Waals surface area (Å²) in [6, 6.07) is 4.37. The number of aryl methyl sites for hydroxylation is 1. The molecule has 1 aromatic carbocycles. The van der Waals surface area contributed by atoms with Crippen LogP contribution in [0.25, 0.3) is 10.9 Å². The number of carboxylic acid groups (broad SMARTS) is 1. The van der Waals surface area contributed by atoms with E-state index in [2.05, 4.69) is 4.98 Å². The molecule has 2 rings (SSSR count). The lowest BCUT2D eigenvalue weighted by Gasteiger charge is -2.07. The predicted octanol–water partition coefficient (Wildman–Crippen LogP) is 1.54. The molecule has 2 aromatic rings. The molecule has 0 aliphatic heterocycles. The minimum absolute atomic E-state index is 0.118. The van der Waals surface area contributed by atoms with Gasteiger partial charge in [0.05, 0.1) is 12.6 Å². The van der Waals surface area contributed by atoms with Crippen molar-refractivity contribution in [2.75, 3.05) is 7.11 Å². The molecule has 5 heteroatoms. The molecule has 5 nitrogen and oxygen atoms in total. The van der Waals surface area contributed by atoms with Gasteiger partial charge in [0.15, 0.2) is 5.43 Å². The number of carbonyl (C=O) groups is 1. The summed E-state index contributed by atoms with van der Waals surface area (Å²) in [5.74, 6) is -0.552. The highest BCUT2D eigenvalue weighted by Gasteiger charge is 2.10. The molecular weight excluding hydrogens is 222 g/mol. The number of H-pyrrole nitrogens is 1. The van der Waals surface area contributed by atoms with Gasteiger partial charge in [0.2, 0.25) is 0 Å². The monoisotopic (exact) mass is 233 g/mol. The van der Waals surface area contributed by atoms with E-state index in [9.17, 15) is 9.59 Å². The van der Waals surface area contributed by atoms with Crippen LogP contribution in [0.15, 0.2) is 23.0 Å². The summed E-state index contributed by atoms with van der Waals surface area (Å²) >= 11 is 0. The summed E-state index contributed by atoms with van der Waals surface area (Å²) in [4.78, 5) is 25.3. The quantitative estimate of drug-likeness (QED) is 0.824. The van der Waals surface area contributed by atoms with Gasteiger partial charge in [0, 0.05) is 11.5 Å². The van der Waals surface area contributed by atoms with Gasteiger partial charge in [0.25, 0.3) is 0 Å². The SMILES string of the molecule is COc1cc2c(=O)cc(C(=O)O)[nH]c2cc1C. The van der Waals surface area contributed by atoms with Crippen LogP contribution >= 0.6 is 0 Å². The van der Waals surface area contributed by atoms with Crippen molar-refractivity contribution in [3.8, 4) is 5.75 Å². The van der Waals surface area contributed by atoms with E-state index in [4.69, 9.17) is 9.84 Å². The number of fused-ring (bicyclic) bond motifs is 1. The molecule has 0 bridgehead atoms. The first-order valence-corrected chi connectivity index (χ1v) is 4.98. The number of hydrogen-bond donors (Lipinski definition) is 2. The van der Waals surface area contributed by atoms with Crippen LogP contribution in [-0.2, 0) is 0 Å². The Bertz CT molecular complexity index is 657. The number of hydrogen-bond acceptors (Lipinski definition) is 3. The molecule has 0 saturated heterocycles. The van der Waals surface area contributed by atoms with Gasteiger partial charge in [-0.05, 0) is 24.6 Å². The van der Waals surface area contributed by atoms with E-state index in [0.29, 0.717) is 16.7 Å². The van der Waals surface area contributed by atoms with E-state index < -0.39 is 5.97 Å². The van der Waals surface area contributed by atoms with Crippen molar-refractivity contribution in [2.24, 2.45) is 0 Å². The molecule has 0 aliphatic carbocycles. The number of benzene rings is 1. The topological polar surface area (TPSA) is 79.4 Å². The van der Waals surface area contributed by atoms with Crippen molar-refractivity contribution < 1.29 is 14.6 Å². The van der Waals surface area contributed by atoms with E-state index in [1.165, 1.54) is 7.11 Å². The lowest BCUT2D eigenvalue weighted by Crippen LogP contribution is -2.09. The molecule has 1 heterocycles. The molecular formula is C12H11NO4. The van der Waals surface area contributed by atoms with Crippen LogP contribution in [-0.4, -0.2) is 23.2 Å². The summed E-state index contributed by atoms with van der Waals surface area (Å²) in [7, 11) is 1.52. The third-order valence-corrected chi connectivity index (χ3v) is 2.58. The summed E-state index contributed by atoms with van der Waals surface area (Å²) in [5.41, 5.74) is 0.868. The Morgan fingerprint density at radius 2 is 2.06 bits per heavy atom. The highest BCUT2D eigenvalue weighted by atomic mass is 16.5. The summed E-state index contributed by atoms with van der Waals surface area (Å²) in [6.45, 7) is 1.82. The molecule has 0 spiro atoms. The van der Waals surface area contributed by atoms with E-state index in [0.717, 1.165) is 11.6 Å². The largest absolute Gasteiger partial charge is 0.496 e. The van der Waals surface area contributed by atoms with Crippen LogP contribution in [0.2, 0.25) is 0 Å². The van der Waals surface area contributed by atoms with Crippen molar-refractivity contribution in [2.45, 2.75) is 6.92 Å². The fraction of sp³-hybridized carbons (Fsp3) is 0.167. The first-order valence-electron chi connectivity index (χ1n) is 4.98. The zero-order valence-electron chi connectivity index (χ0n) is 9.40. The first kappa shape index (κ1) is 11.2. The summed E-state index contributed by atoms with van der Waals surface area (Å²) < 4.78 is 5.12. The Hall–Kier alpha value is -2.30. The molecule has 17 heavy (non-hydrogen) atoms. The molecule has 88 valence electrons. The normalized spacial score (nSPS) is 10.5. The van der Waals surface area contributed by atoms with Gasteiger partial charge in [-0.1, -0.05) is 0 Å². The van der Waals surface area contributed by atoms with Gasteiger partial charge in [-0.15, -0.1) is 0 Å². The highest BCUT2D eigenvalue weighted by Crippen LogP contribution is 2.22. The number of aromatic amines is 1. The predicted molar refractivity (Wildman–Crippen MR) is 62.8 cm³/mol. The average Bonchev–Trinajstić information content (AvgIpc) is 2.27. The van der Waals surface area contributed by atoms with Crippen LogP contribution < -0.4 is 10.2 Å². The third kappa shape index (κ3) is 1.87. The Morgan fingerprint density at radius 1 is 1.35 bits per heavy atom. The number of nitrogens with one attached hydrogen (secondary N) is 1. The van der Waals surface area contributed by atoms with Crippen molar-refractivity contribution in [1.29, 1.82) is 0 Å². The molecule has 0 radical (unpaired) electrons. The third-order valence-electron chi connectivity index (χ3n) is 2.58. The highest BCUT2D eigenvalue weighted by molar-refractivity contribution is 5.90. The Kier molecular flexibility index (Phi) is 2.59. The van der Waals surface area contributed by atoms with Crippen molar-refractivity contribution in [1.82, 2.24) is 4.98 Å². The lowest BCUT2D eigenvalue weighted by atomic mass is 10.1. The molecule has 0 unspecified atom stereocenters. The first-order chi connectivity index (χ1) is 8.02. The number of aromatic nitrogens is 1. The minimum atomic E-state index is -1.16. The molecule has 0 aliphatic rings. The van der Waals surface area contributed by atoms with Gasteiger partial charge in [-0.3, -0.25) is 4.79 Å². The van der Waals surface area contributed by atoms with Crippen LogP contribution in [0.5, 0.6) is 5.75 Å². The van der Waals surface area contributed by atoms with E-state index in [1.807, 2.05) is 6.92 Å². The van der Waals surface area contributed by atoms with E-state index >= 15 is 0 Å². The maximum Gasteiger partial charge on any atom is 0.352 e. The van der Waals surface area contributed by atoms with Crippen LogP contribution in [0.4, 0.5) is 0 Å². The number of carboxylic acids is 1. The van der Waals surface area contributed by atoms with Gasteiger partial charge in [-0.2, -0.15) is 0 Å². The summed E-state index contributed by atoms with van der Waals surface area (Å²) in [5, 5.41) is 9.26. The maximum absolute atomic E-state index is 11.7. The molecule has 2 N–H and O–H groups in total. The van der Waals surface area contributed by atoms with Gasteiger partial charge in [0.1, 0.15) is 11.4 Å². The second kappa shape index (κ2) is 3.93. The Morgan fingerprint density at radius 3 is 2.65 bits per heavy atom. The number of methoxy groups -OCH3 is 1. The van der Waals surface area contributed by atoms with E-state index in [1.54, 1.807) is 12.1 Å². The van der Waals surface area contributed by atoms with Gasteiger partial charge < -0.3 is 14.8 Å². The van der Waals surface area contributed by atoms with Crippen molar-refractivity contribution in [3.05, 3.63) is 39.7 Å². The fourth-order valence-electron chi connectivity index (χ4n) is 1.72. The van der Waals surface area contributed by atoms with Crippen LogP contribution in [0.1, 0.15) is 16.1 Å². The van der Waals surface area contributed by atoms with Gasteiger partial charge in [-0.25, -0.2) is 4.79 Å². The second-order valence-corrected chi connectivity index (χ2v) is 3.72. The molecule has 0 saturated carbocycles. The smallest absolute Gasteiger partial charge is 0.352 e. The minimum Gasteiger partial charge on any atom is -0.496 e. The molecule has 0 fully saturated rings.